The second-order valence-corrected chi connectivity index (χ2v) is 8.80. The summed E-state index contributed by atoms with van der Waals surface area (Å²) >= 11 is 0. The fourth-order valence-corrected chi connectivity index (χ4v) is 4.38. The largest absolute Gasteiger partial charge is 0.375 e. The predicted molar refractivity (Wildman–Crippen MR) is 144 cm³/mol. The molecule has 0 aliphatic carbocycles. The Kier molecular flexibility index (Phi) is 9.75. The van der Waals surface area contributed by atoms with Gasteiger partial charge in [0.1, 0.15) is 12.4 Å². The van der Waals surface area contributed by atoms with Crippen LogP contribution in [0.15, 0.2) is 35.3 Å². The van der Waals surface area contributed by atoms with Crippen LogP contribution in [0.5, 0.6) is 0 Å². The molecule has 3 saturated heterocycles. The lowest BCUT2D eigenvalue weighted by molar-refractivity contribution is 0.0154. The van der Waals surface area contributed by atoms with Crippen molar-refractivity contribution in [1.82, 2.24) is 35.2 Å². The molecule has 2 aromatic rings. The molecular formula is C23H38IN9. The number of aromatic nitrogens is 3. The monoisotopic (exact) mass is 567 g/mol. The molecule has 3 aliphatic rings. The molecule has 182 valence electrons. The van der Waals surface area contributed by atoms with Gasteiger partial charge in [0, 0.05) is 78.2 Å². The number of nitrogens with one attached hydrogen (secondary N) is 2. The zero-order valence-corrected chi connectivity index (χ0v) is 22.4. The van der Waals surface area contributed by atoms with E-state index >= 15 is 0 Å². The van der Waals surface area contributed by atoms with Crippen molar-refractivity contribution in [2.45, 2.75) is 25.9 Å². The number of guanidine groups is 1. The minimum atomic E-state index is 0. The standard InChI is InChI=1S/C23H37N9.HI/c1-19-27-28-22(30(19)3)17-26-23(25-16-21-18-31-12-14-32(21)15-13-31)24-10-7-11-29(2)20-8-5-4-6-9-20;/h4-6,8-9,21H,7,10-18H2,1-3H3,(H2,24,25,26);1H. The van der Waals surface area contributed by atoms with Gasteiger partial charge in [0.15, 0.2) is 11.8 Å². The number of anilines is 1. The third-order valence-corrected chi connectivity index (χ3v) is 6.62. The number of nitrogens with zero attached hydrogens (tertiary/aromatic N) is 7. The number of benzene rings is 1. The van der Waals surface area contributed by atoms with Gasteiger partial charge in [0.2, 0.25) is 0 Å². The molecule has 3 fully saturated rings. The molecule has 33 heavy (non-hydrogen) atoms. The maximum atomic E-state index is 4.81. The van der Waals surface area contributed by atoms with Crippen LogP contribution < -0.4 is 15.5 Å². The highest BCUT2D eigenvalue weighted by Crippen LogP contribution is 2.15. The van der Waals surface area contributed by atoms with Crippen molar-refractivity contribution < 1.29 is 0 Å². The quantitative estimate of drug-likeness (QED) is 0.205. The lowest BCUT2D eigenvalue weighted by Gasteiger charge is -2.47. The van der Waals surface area contributed by atoms with Gasteiger partial charge in [-0.3, -0.25) is 9.80 Å². The van der Waals surface area contributed by atoms with E-state index in [0.29, 0.717) is 12.6 Å². The summed E-state index contributed by atoms with van der Waals surface area (Å²) in [4.78, 5) is 12.3. The molecule has 2 N–H and O–H groups in total. The highest BCUT2D eigenvalue weighted by atomic mass is 127. The van der Waals surface area contributed by atoms with Gasteiger partial charge in [0.05, 0.1) is 0 Å². The van der Waals surface area contributed by atoms with Gasteiger partial charge in [-0.2, -0.15) is 0 Å². The van der Waals surface area contributed by atoms with Crippen LogP contribution in [0.4, 0.5) is 5.69 Å². The third-order valence-electron chi connectivity index (χ3n) is 6.62. The second kappa shape index (κ2) is 12.5. The summed E-state index contributed by atoms with van der Waals surface area (Å²) in [5, 5.41) is 15.5. The van der Waals surface area contributed by atoms with Crippen LogP contribution in [-0.4, -0.2) is 96.0 Å². The molecule has 10 heteroatoms. The van der Waals surface area contributed by atoms with Crippen LogP contribution in [0.3, 0.4) is 0 Å². The lowest BCUT2D eigenvalue weighted by atomic mass is 10.1. The SMILES string of the molecule is Cc1nnc(CN=C(NCCCN(C)c2ccccc2)NCC2CN3CCN2CC3)n1C.I. The van der Waals surface area contributed by atoms with Gasteiger partial charge < -0.3 is 20.1 Å². The van der Waals surface area contributed by atoms with Gasteiger partial charge >= 0.3 is 0 Å². The minimum absolute atomic E-state index is 0. The van der Waals surface area contributed by atoms with Crippen LogP contribution in [-0.2, 0) is 13.6 Å². The van der Waals surface area contributed by atoms with Gasteiger partial charge in [-0.05, 0) is 25.5 Å². The van der Waals surface area contributed by atoms with E-state index in [1.165, 1.54) is 31.9 Å². The Morgan fingerprint density at radius 2 is 1.88 bits per heavy atom. The zero-order valence-electron chi connectivity index (χ0n) is 20.1. The Morgan fingerprint density at radius 3 is 2.52 bits per heavy atom. The average Bonchev–Trinajstić information content (AvgIpc) is 3.16. The topological polar surface area (TPSA) is 76.8 Å². The maximum absolute atomic E-state index is 4.81. The molecule has 1 unspecified atom stereocenters. The summed E-state index contributed by atoms with van der Waals surface area (Å²) < 4.78 is 2.00. The molecule has 1 aromatic carbocycles. The number of aliphatic imine (C=N–C) groups is 1. The summed E-state index contributed by atoms with van der Waals surface area (Å²) in [5.41, 5.74) is 1.24. The molecule has 2 bridgehead atoms. The highest BCUT2D eigenvalue weighted by molar-refractivity contribution is 14.0. The molecule has 1 atom stereocenters. The highest BCUT2D eigenvalue weighted by Gasteiger charge is 2.31. The molecule has 9 nitrogen and oxygen atoms in total. The van der Waals surface area contributed by atoms with Crippen LogP contribution in [0.2, 0.25) is 0 Å². The fraction of sp³-hybridized carbons (Fsp3) is 0.609. The smallest absolute Gasteiger partial charge is 0.191 e. The molecule has 3 aliphatic heterocycles. The van der Waals surface area contributed by atoms with E-state index in [9.17, 15) is 0 Å². The van der Waals surface area contributed by atoms with Crippen molar-refractivity contribution in [2.75, 3.05) is 64.3 Å². The number of hydrogen-bond donors (Lipinski definition) is 2. The number of hydrogen-bond acceptors (Lipinski definition) is 6. The van der Waals surface area contributed by atoms with Crippen molar-refractivity contribution in [2.24, 2.45) is 12.0 Å². The average molecular weight is 568 g/mol. The molecule has 1 aromatic heterocycles. The molecule has 4 heterocycles. The molecule has 0 spiro atoms. The zero-order chi connectivity index (χ0) is 22.3. The van der Waals surface area contributed by atoms with E-state index in [1.807, 2.05) is 18.5 Å². The van der Waals surface area contributed by atoms with Crippen molar-refractivity contribution in [3.05, 3.63) is 42.0 Å². The minimum Gasteiger partial charge on any atom is -0.375 e. The van der Waals surface area contributed by atoms with Crippen molar-refractivity contribution >= 4 is 35.6 Å². The van der Waals surface area contributed by atoms with Gasteiger partial charge in [-0.25, -0.2) is 4.99 Å². The number of rotatable bonds is 9. The Balaban J connectivity index is 0.00000306. The van der Waals surface area contributed by atoms with Crippen LogP contribution in [0.25, 0.3) is 0 Å². The summed E-state index contributed by atoms with van der Waals surface area (Å²) in [6, 6.07) is 11.1. The first-order valence-corrected chi connectivity index (χ1v) is 11.7. The summed E-state index contributed by atoms with van der Waals surface area (Å²) in [5.74, 6) is 2.63. The van der Waals surface area contributed by atoms with Crippen LogP contribution >= 0.6 is 24.0 Å². The van der Waals surface area contributed by atoms with Gasteiger partial charge in [0.25, 0.3) is 0 Å². The van der Waals surface area contributed by atoms with Crippen LogP contribution in [0.1, 0.15) is 18.1 Å². The summed E-state index contributed by atoms with van der Waals surface area (Å²) in [6.07, 6.45) is 1.03. The Labute approximate surface area is 214 Å². The van der Waals surface area contributed by atoms with Crippen molar-refractivity contribution in [3.8, 4) is 0 Å². The van der Waals surface area contributed by atoms with E-state index in [-0.39, 0.29) is 24.0 Å². The first kappa shape index (κ1) is 25.7. The lowest BCUT2D eigenvalue weighted by Crippen LogP contribution is -2.63. The molecule has 5 rings (SSSR count). The maximum Gasteiger partial charge on any atom is 0.191 e. The first-order chi connectivity index (χ1) is 15.6. The molecule has 0 saturated carbocycles. The third kappa shape index (κ3) is 7.03. The normalized spacial score (nSPS) is 22.0. The van der Waals surface area contributed by atoms with Crippen molar-refractivity contribution in [1.29, 1.82) is 0 Å². The fourth-order valence-electron chi connectivity index (χ4n) is 4.38. The Hall–Kier alpha value is -1.92. The number of fused-ring (bicyclic) bond motifs is 3. The number of para-hydroxylation sites is 1. The number of halogens is 1. The van der Waals surface area contributed by atoms with E-state index in [0.717, 1.165) is 50.2 Å². The summed E-state index contributed by atoms with van der Waals surface area (Å²) in [6.45, 7) is 11.1. The summed E-state index contributed by atoms with van der Waals surface area (Å²) in [7, 11) is 4.13. The second-order valence-electron chi connectivity index (χ2n) is 8.80. The van der Waals surface area contributed by atoms with E-state index in [2.05, 4.69) is 72.9 Å². The van der Waals surface area contributed by atoms with Crippen molar-refractivity contribution in [3.63, 3.8) is 0 Å². The van der Waals surface area contributed by atoms with E-state index in [4.69, 9.17) is 4.99 Å². The van der Waals surface area contributed by atoms with Crippen LogP contribution in [0, 0.1) is 6.92 Å². The number of aryl methyl sites for hydroxylation is 1. The predicted octanol–water partition coefficient (Wildman–Crippen LogP) is 1.30. The van der Waals surface area contributed by atoms with Gasteiger partial charge in [-0.1, -0.05) is 18.2 Å². The number of piperazine rings is 3. The van der Waals surface area contributed by atoms with Gasteiger partial charge in [-0.15, -0.1) is 34.2 Å². The Bertz CT molecular complexity index is 877. The van der Waals surface area contributed by atoms with E-state index < -0.39 is 0 Å². The first-order valence-electron chi connectivity index (χ1n) is 11.7. The molecular weight excluding hydrogens is 529 g/mol. The molecule has 0 radical (unpaired) electrons. The Morgan fingerprint density at radius 1 is 1.12 bits per heavy atom. The van der Waals surface area contributed by atoms with E-state index in [1.54, 1.807) is 0 Å². The molecule has 0 amide bonds.